The van der Waals surface area contributed by atoms with Gasteiger partial charge in [0.25, 0.3) is 5.91 Å². The lowest BCUT2D eigenvalue weighted by Crippen LogP contribution is -2.53. The lowest BCUT2D eigenvalue weighted by molar-refractivity contribution is -0.126. The van der Waals surface area contributed by atoms with Crippen LogP contribution in [-0.2, 0) is 16.1 Å². The topological polar surface area (TPSA) is 76.7 Å². The molecule has 0 aromatic heterocycles. The van der Waals surface area contributed by atoms with Crippen molar-refractivity contribution in [2.24, 2.45) is 11.8 Å². The maximum atomic E-state index is 13.5. The average molecular weight is 461 g/mol. The first-order valence-corrected chi connectivity index (χ1v) is 11.1. The zero-order chi connectivity index (χ0) is 22.7. The number of fused-ring (bicyclic) bond motifs is 1. The molecule has 2 N–H and O–H groups in total. The number of halogens is 2. The Balaban J connectivity index is 1.26. The summed E-state index contributed by atoms with van der Waals surface area (Å²) < 4.78 is 24.5. The van der Waals surface area contributed by atoms with Gasteiger partial charge in [0, 0.05) is 29.6 Å². The minimum absolute atomic E-state index is 0.00199. The van der Waals surface area contributed by atoms with E-state index in [4.69, 9.17) is 21.1 Å². The van der Waals surface area contributed by atoms with Crippen LogP contribution in [0.25, 0.3) is 0 Å². The second-order valence-corrected chi connectivity index (χ2v) is 8.84. The molecule has 0 aliphatic heterocycles. The van der Waals surface area contributed by atoms with Crippen LogP contribution in [0.5, 0.6) is 11.5 Å². The Morgan fingerprint density at radius 1 is 1.16 bits per heavy atom. The second kappa shape index (κ2) is 9.36. The molecule has 6 nitrogen and oxygen atoms in total. The van der Waals surface area contributed by atoms with Crippen LogP contribution in [0.4, 0.5) is 4.39 Å². The summed E-state index contributed by atoms with van der Waals surface area (Å²) in [6.07, 6.45) is 2.17. The molecule has 32 heavy (non-hydrogen) atoms. The number of amides is 2. The van der Waals surface area contributed by atoms with E-state index in [2.05, 4.69) is 10.6 Å². The highest BCUT2D eigenvalue weighted by atomic mass is 35.5. The molecule has 0 saturated heterocycles. The Labute approximate surface area is 191 Å². The average Bonchev–Trinajstić information content (AvgIpc) is 3.29. The Morgan fingerprint density at radius 2 is 1.94 bits per heavy atom. The number of hydrogen-bond donors (Lipinski definition) is 2. The minimum atomic E-state index is -0.599. The molecule has 0 heterocycles. The Hall–Kier alpha value is -2.80. The van der Waals surface area contributed by atoms with Gasteiger partial charge in [0.1, 0.15) is 17.3 Å². The van der Waals surface area contributed by atoms with Gasteiger partial charge in [-0.05, 0) is 50.3 Å². The molecule has 0 spiro atoms. The van der Waals surface area contributed by atoms with Gasteiger partial charge < -0.3 is 20.1 Å². The first kappa shape index (κ1) is 22.4. The predicted octanol–water partition coefficient (Wildman–Crippen LogP) is 3.86. The van der Waals surface area contributed by atoms with Gasteiger partial charge in [-0.15, -0.1) is 0 Å². The van der Waals surface area contributed by atoms with Gasteiger partial charge in [-0.3, -0.25) is 9.59 Å². The molecule has 1 unspecified atom stereocenters. The van der Waals surface area contributed by atoms with Gasteiger partial charge >= 0.3 is 0 Å². The third-order valence-electron chi connectivity index (χ3n) is 6.21. The first-order valence-electron chi connectivity index (χ1n) is 10.8. The van der Waals surface area contributed by atoms with Gasteiger partial charge in [-0.25, -0.2) is 4.39 Å². The van der Waals surface area contributed by atoms with Crippen LogP contribution in [0.3, 0.4) is 0 Å². The van der Waals surface area contributed by atoms with E-state index in [0.717, 1.165) is 30.2 Å². The van der Waals surface area contributed by atoms with Crippen LogP contribution in [0.15, 0.2) is 42.5 Å². The largest absolute Gasteiger partial charge is 0.494 e. The number of para-hydroxylation sites is 1. The normalized spacial score (nSPS) is 23.2. The molecule has 5 rings (SSSR count). The molecule has 170 valence electrons. The van der Waals surface area contributed by atoms with Crippen molar-refractivity contribution >= 4 is 23.4 Å². The minimum Gasteiger partial charge on any atom is -0.494 e. The van der Waals surface area contributed by atoms with Crippen LogP contribution >= 0.6 is 11.6 Å². The molecule has 3 aliphatic carbocycles. The van der Waals surface area contributed by atoms with Gasteiger partial charge in [0.15, 0.2) is 6.61 Å². The number of ether oxygens (including phenoxy) is 2. The van der Waals surface area contributed by atoms with Crippen molar-refractivity contribution in [3.63, 3.8) is 0 Å². The highest BCUT2D eigenvalue weighted by molar-refractivity contribution is 6.30. The summed E-state index contributed by atoms with van der Waals surface area (Å²) in [4.78, 5) is 25.2. The molecule has 3 saturated carbocycles. The summed E-state index contributed by atoms with van der Waals surface area (Å²) >= 11 is 5.65. The lowest BCUT2D eigenvalue weighted by atomic mass is 9.76. The van der Waals surface area contributed by atoms with Crippen molar-refractivity contribution in [2.45, 2.75) is 38.3 Å². The SMILES string of the molecule is CCOc1ccccc1CNC(=O)C1CC2(NC(=O)COc3ccc(Cl)c(F)c3)CC1C2. The van der Waals surface area contributed by atoms with Gasteiger partial charge in [-0.1, -0.05) is 29.8 Å². The third kappa shape index (κ3) is 4.83. The standard InChI is InChI=1S/C24H26ClFN2O4/c1-2-31-21-6-4-3-5-15(21)13-27-23(30)18-12-24(10-16(18)11-24)28-22(29)14-32-17-7-8-19(25)20(26)9-17/h3-9,16,18H,2,10-14H2,1H3,(H,27,30)(H,28,29). The number of nitrogens with one attached hydrogen (secondary N) is 2. The summed E-state index contributed by atoms with van der Waals surface area (Å²) in [6.45, 7) is 2.67. The maximum absolute atomic E-state index is 13.5. The Kier molecular flexibility index (Phi) is 6.55. The van der Waals surface area contributed by atoms with Crippen LogP contribution in [0, 0.1) is 17.7 Å². The van der Waals surface area contributed by atoms with Crippen molar-refractivity contribution in [3.8, 4) is 11.5 Å². The fourth-order valence-corrected chi connectivity index (χ4v) is 4.87. The summed E-state index contributed by atoms with van der Waals surface area (Å²) in [5.41, 5.74) is 0.577. The van der Waals surface area contributed by atoms with Crippen LogP contribution in [0.2, 0.25) is 5.02 Å². The highest BCUT2D eigenvalue weighted by Gasteiger charge is 2.58. The number of carbonyl (C=O) groups is 2. The van der Waals surface area contributed by atoms with E-state index in [1.54, 1.807) is 0 Å². The third-order valence-corrected chi connectivity index (χ3v) is 6.52. The van der Waals surface area contributed by atoms with E-state index in [1.807, 2.05) is 31.2 Å². The van der Waals surface area contributed by atoms with Gasteiger partial charge in [0.05, 0.1) is 11.6 Å². The van der Waals surface area contributed by atoms with Gasteiger partial charge in [0.2, 0.25) is 5.91 Å². The molecule has 1 atom stereocenters. The molecule has 2 aromatic carbocycles. The van der Waals surface area contributed by atoms with E-state index in [-0.39, 0.29) is 46.6 Å². The van der Waals surface area contributed by atoms with Crippen LogP contribution in [0.1, 0.15) is 31.7 Å². The number of rotatable bonds is 9. The van der Waals surface area contributed by atoms with Crippen LogP contribution < -0.4 is 20.1 Å². The highest BCUT2D eigenvalue weighted by Crippen LogP contribution is 2.55. The smallest absolute Gasteiger partial charge is 0.258 e. The molecule has 2 amide bonds. The summed E-state index contributed by atoms with van der Waals surface area (Å²) in [6, 6.07) is 11.7. The molecular formula is C24H26ClFN2O4. The lowest BCUT2D eigenvalue weighted by Gasteiger charge is -2.39. The Morgan fingerprint density at radius 3 is 2.69 bits per heavy atom. The molecule has 0 radical (unpaired) electrons. The van der Waals surface area contributed by atoms with E-state index >= 15 is 0 Å². The zero-order valence-electron chi connectivity index (χ0n) is 17.8. The summed E-state index contributed by atoms with van der Waals surface area (Å²) in [7, 11) is 0. The van der Waals surface area contributed by atoms with E-state index in [1.165, 1.54) is 12.1 Å². The fourth-order valence-electron chi connectivity index (χ4n) is 4.75. The number of hydrogen-bond acceptors (Lipinski definition) is 4. The molecule has 8 heteroatoms. The number of carbonyl (C=O) groups excluding carboxylic acids is 2. The fraction of sp³-hybridized carbons (Fsp3) is 0.417. The van der Waals surface area contributed by atoms with Crippen molar-refractivity contribution < 1.29 is 23.5 Å². The van der Waals surface area contributed by atoms with E-state index < -0.39 is 5.82 Å². The number of benzene rings is 2. The zero-order valence-corrected chi connectivity index (χ0v) is 18.6. The van der Waals surface area contributed by atoms with Crippen molar-refractivity contribution in [1.29, 1.82) is 0 Å². The first-order chi connectivity index (χ1) is 15.4. The molecule has 3 aliphatic rings. The quantitative estimate of drug-likeness (QED) is 0.595. The summed E-state index contributed by atoms with van der Waals surface area (Å²) in [5.74, 6) is 0.272. The van der Waals surface area contributed by atoms with Crippen molar-refractivity contribution in [2.75, 3.05) is 13.2 Å². The molecule has 2 aromatic rings. The van der Waals surface area contributed by atoms with Crippen molar-refractivity contribution in [1.82, 2.24) is 10.6 Å². The Bertz CT molecular complexity index is 1010. The van der Waals surface area contributed by atoms with Crippen molar-refractivity contribution in [3.05, 3.63) is 58.9 Å². The monoisotopic (exact) mass is 460 g/mol. The van der Waals surface area contributed by atoms with Crippen LogP contribution in [-0.4, -0.2) is 30.6 Å². The predicted molar refractivity (Wildman–Crippen MR) is 118 cm³/mol. The molecule has 3 fully saturated rings. The van der Waals surface area contributed by atoms with E-state index in [0.29, 0.717) is 19.6 Å². The maximum Gasteiger partial charge on any atom is 0.258 e. The van der Waals surface area contributed by atoms with Gasteiger partial charge in [-0.2, -0.15) is 0 Å². The second-order valence-electron chi connectivity index (χ2n) is 8.43. The van der Waals surface area contributed by atoms with E-state index in [9.17, 15) is 14.0 Å². The summed E-state index contributed by atoms with van der Waals surface area (Å²) in [5, 5.41) is 6.04. The molecule has 2 bridgehead atoms. The molecular weight excluding hydrogens is 435 g/mol.